The van der Waals surface area contributed by atoms with Crippen LogP contribution in [-0.4, -0.2) is 38.5 Å². The van der Waals surface area contributed by atoms with Crippen molar-refractivity contribution in [1.82, 2.24) is 4.57 Å². The summed E-state index contributed by atoms with van der Waals surface area (Å²) in [6.07, 6.45) is 2.21. The van der Waals surface area contributed by atoms with Crippen molar-refractivity contribution in [3.8, 4) is 5.75 Å². The topological polar surface area (TPSA) is 104 Å². The van der Waals surface area contributed by atoms with Crippen LogP contribution in [0.5, 0.6) is 5.75 Å². The van der Waals surface area contributed by atoms with Crippen LogP contribution in [-0.2, 0) is 14.8 Å². The Balaban J connectivity index is 1.43. The van der Waals surface area contributed by atoms with Crippen LogP contribution in [0.2, 0.25) is 0 Å². The van der Waals surface area contributed by atoms with Gasteiger partial charge in [-0.1, -0.05) is 6.07 Å². The number of Topliss-reactive ketones (excluding diaryl/α,β-unsaturated/α-hetero) is 1. The van der Waals surface area contributed by atoms with Crippen LogP contribution in [0.3, 0.4) is 0 Å². The Labute approximate surface area is 198 Å². The van der Waals surface area contributed by atoms with Crippen LogP contribution < -0.4 is 9.46 Å². The molecule has 0 atom stereocenters. The monoisotopic (exact) mass is 482 g/mol. The second-order valence-corrected chi connectivity index (χ2v) is 9.93. The van der Waals surface area contributed by atoms with Crippen LogP contribution in [0, 0.1) is 13.8 Å². The molecule has 0 unspecified atom stereocenters. The molecule has 1 N–H and O–H groups in total. The molecule has 0 radical (unpaired) electrons. The summed E-state index contributed by atoms with van der Waals surface area (Å²) in [6, 6.07) is 14.2. The average Bonchev–Trinajstić information content (AvgIpc) is 3.61. The number of esters is 1. The Hall–Kier alpha value is -3.59. The fourth-order valence-electron chi connectivity index (χ4n) is 3.91. The van der Waals surface area contributed by atoms with Crippen molar-refractivity contribution >= 4 is 27.5 Å². The number of carbonyl (C=O) groups excluding carboxylic acids is 2. The van der Waals surface area contributed by atoms with Crippen molar-refractivity contribution in [2.24, 2.45) is 0 Å². The molecule has 0 spiro atoms. The van der Waals surface area contributed by atoms with E-state index < -0.39 is 22.6 Å². The van der Waals surface area contributed by atoms with Crippen molar-refractivity contribution in [2.45, 2.75) is 37.6 Å². The van der Waals surface area contributed by atoms with Crippen LogP contribution in [0.25, 0.3) is 0 Å². The van der Waals surface area contributed by atoms with Crippen molar-refractivity contribution < 1.29 is 27.5 Å². The number of aryl methyl sites for hydroxylation is 1. The van der Waals surface area contributed by atoms with Gasteiger partial charge in [-0.05, 0) is 75.2 Å². The zero-order valence-electron chi connectivity index (χ0n) is 19.2. The standard InChI is InChI=1S/C25H26N2O6S/c1-16-13-23(17(2)27(16)20-9-10-20)24(28)15-33-25(29)18-5-4-6-22(14-18)34(30,31)26-19-7-11-21(32-3)12-8-19/h4-8,11-14,20,26H,9-10,15H2,1-3H3. The highest BCUT2D eigenvalue weighted by Gasteiger charge is 2.28. The lowest BCUT2D eigenvalue weighted by atomic mass is 10.1. The normalized spacial score (nSPS) is 13.4. The van der Waals surface area contributed by atoms with E-state index in [0.717, 1.165) is 24.2 Å². The minimum Gasteiger partial charge on any atom is -0.497 e. The van der Waals surface area contributed by atoms with E-state index in [1.54, 1.807) is 24.3 Å². The number of anilines is 1. The summed E-state index contributed by atoms with van der Waals surface area (Å²) in [5.74, 6) is -0.471. The minimum atomic E-state index is -3.94. The van der Waals surface area contributed by atoms with Gasteiger partial charge in [-0.3, -0.25) is 9.52 Å². The van der Waals surface area contributed by atoms with Gasteiger partial charge >= 0.3 is 5.97 Å². The third-order valence-corrected chi connectivity index (χ3v) is 7.13. The van der Waals surface area contributed by atoms with Crippen molar-refractivity contribution in [2.75, 3.05) is 18.4 Å². The van der Waals surface area contributed by atoms with Gasteiger partial charge in [-0.25, -0.2) is 13.2 Å². The number of nitrogens with zero attached hydrogens (tertiary/aromatic N) is 1. The summed E-state index contributed by atoms with van der Waals surface area (Å²) in [7, 11) is -2.42. The van der Waals surface area contributed by atoms with Gasteiger partial charge in [0.2, 0.25) is 5.78 Å². The van der Waals surface area contributed by atoms with E-state index in [0.29, 0.717) is 23.0 Å². The summed E-state index contributed by atoms with van der Waals surface area (Å²) >= 11 is 0. The number of rotatable bonds is 9. The summed E-state index contributed by atoms with van der Waals surface area (Å²) in [6.45, 7) is 3.43. The molecule has 34 heavy (non-hydrogen) atoms. The lowest BCUT2D eigenvalue weighted by molar-refractivity contribution is 0.0474. The van der Waals surface area contributed by atoms with Crippen LogP contribution >= 0.6 is 0 Å². The third kappa shape index (κ3) is 4.99. The molecular formula is C25H26N2O6S. The molecule has 0 amide bonds. The van der Waals surface area contributed by atoms with Crippen LogP contribution in [0.1, 0.15) is 51.0 Å². The van der Waals surface area contributed by atoms with Gasteiger partial charge in [0.1, 0.15) is 5.75 Å². The van der Waals surface area contributed by atoms with E-state index >= 15 is 0 Å². The number of nitrogens with one attached hydrogen (secondary N) is 1. The molecule has 0 bridgehead atoms. The molecule has 1 heterocycles. The minimum absolute atomic E-state index is 0.0360. The van der Waals surface area contributed by atoms with Gasteiger partial charge in [0, 0.05) is 28.7 Å². The van der Waals surface area contributed by atoms with E-state index in [2.05, 4.69) is 9.29 Å². The maximum atomic E-state index is 12.8. The molecular weight excluding hydrogens is 456 g/mol. The molecule has 8 nitrogen and oxygen atoms in total. The number of methoxy groups -OCH3 is 1. The SMILES string of the molecule is COc1ccc(NS(=O)(=O)c2cccc(C(=O)OCC(=O)c3cc(C)n(C4CC4)c3C)c2)cc1. The maximum absolute atomic E-state index is 12.8. The molecule has 1 fully saturated rings. The maximum Gasteiger partial charge on any atom is 0.338 e. The Kier molecular flexibility index (Phi) is 6.47. The number of ketones is 1. The Morgan fingerprint density at radius 1 is 1.06 bits per heavy atom. The second-order valence-electron chi connectivity index (χ2n) is 8.25. The number of sulfonamides is 1. The lowest BCUT2D eigenvalue weighted by Gasteiger charge is -2.10. The molecule has 2 aromatic carbocycles. The van der Waals surface area contributed by atoms with Crippen molar-refractivity contribution in [1.29, 1.82) is 0 Å². The van der Waals surface area contributed by atoms with Gasteiger partial charge in [-0.15, -0.1) is 0 Å². The van der Waals surface area contributed by atoms with Crippen molar-refractivity contribution in [3.05, 3.63) is 77.1 Å². The highest BCUT2D eigenvalue weighted by atomic mass is 32.2. The molecule has 1 aromatic heterocycles. The van der Waals surface area contributed by atoms with E-state index in [-0.39, 0.29) is 16.2 Å². The summed E-state index contributed by atoms with van der Waals surface area (Å²) in [5.41, 5.74) is 2.81. The van der Waals surface area contributed by atoms with Gasteiger partial charge in [-0.2, -0.15) is 0 Å². The van der Waals surface area contributed by atoms with Crippen molar-refractivity contribution in [3.63, 3.8) is 0 Å². The molecule has 1 aliphatic rings. The predicted molar refractivity (Wildman–Crippen MR) is 127 cm³/mol. The number of hydrogen-bond acceptors (Lipinski definition) is 6. The first-order valence-corrected chi connectivity index (χ1v) is 12.3. The first kappa shape index (κ1) is 23.6. The first-order chi connectivity index (χ1) is 16.2. The van der Waals surface area contributed by atoms with Crippen LogP contribution in [0.4, 0.5) is 5.69 Å². The second kappa shape index (κ2) is 9.34. The number of benzene rings is 2. The highest BCUT2D eigenvalue weighted by Crippen LogP contribution is 2.38. The Morgan fingerprint density at radius 3 is 2.41 bits per heavy atom. The van der Waals surface area contributed by atoms with Gasteiger partial charge in [0.05, 0.1) is 17.6 Å². The lowest BCUT2D eigenvalue weighted by Crippen LogP contribution is -2.16. The first-order valence-electron chi connectivity index (χ1n) is 10.9. The Morgan fingerprint density at radius 2 is 1.76 bits per heavy atom. The molecule has 0 saturated heterocycles. The molecule has 1 aliphatic carbocycles. The molecule has 1 saturated carbocycles. The molecule has 3 aromatic rings. The summed E-state index contributed by atoms with van der Waals surface area (Å²) in [4.78, 5) is 25.1. The largest absolute Gasteiger partial charge is 0.497 e. The van der Waals surface area contributed by atoms with E-state index in [1.807, 2.05) is 19.9 Å². The highest BCUT2D eigenvalue weighted by molar-refractivity contribution is 7.92. The zero-order chi connectivity index (χ0) is 24.5. The third-order valence-electron chi connectivity index (χ3n) is 5.75. The molecule has 178 valence electrons. The molecule has 0 aliphatic heterocycles. The zero-order valence-corrected chi connectivity index (χ0v) is 20.0. The number of ether oxygens (including phenoxy) is 2. The Bertz CT molecular complexity index is 1340. The van der Waals surface area contributed by atoms with E-state index in [4.69, 9.17) is 9.47 Å². The predicted octanol–water partition coefficient (Wildman–Crippen LogP) is 4.29. The fourth-order valence-corrected chi connectivity index (χ4v) is 5.01. The van der Waals surface area contributed by atoms with Gasteiger partial charge in [0.25, 0.3) is 10.0 Å². The summed E-state index contributed by atoms with van der Waals surface area (Å²) in [5, 5.41) is 0. The van der Waals surface area contributed by atoms with Crippen LogP contribution in [0.15, 0.2) is 59.5 Å². The van der Waals surface area contributed by atoms with E-state index in [1.165, 1.54) is 31.4 Å². The quantitative estimate of drug-likeness (QED) is 0.360. The number of hydrogen-bond donors (Lipinski definition) is 1. The van der Waals surface area contributed by atoms with Gasteiger partial charge < -0.3 is 14.0 Å². The number of aromatic nitrogens is 1. The fraction of sp³-hybridized carbons (Fsp3) is 0.280. The van der Waals surface area contributed by atoms with E-state index in [9.17, 15) is 18.0 Å². The molecule has 4 rings (SSSR count). The average molecular weight is 483 g/mol. The van der Waals surface area contributed by atoms with Gasteiger partial charge in [0.15, 0.2) is 6.61 Å². The number of carbonyl (C=O) groups is 2. The smallest absolute Gasteiger partial charge is 0.338 e. The summed E-state index contributed by atoms with van der Waals surface area (Å²) < 4.78 is 40.4. The molecule has 9 heteroatoms.